The van der Waals surface area contributed by atoms with E-state index in [1.54, 1.807) is 0 Å². The van der Waals surface area contributed by atoms with E-state index < -0.39 is 5.41 Å². The van der Waals surface area contributed by atoms with Crippen LogP contribution in [0, 0.1) is 11.3 Å². The van der Waals surface area contributed by atoms with Crippen LogP contribution in [0.15, 0.2) is 24.3 Å². The van der Waals surface area contributed by atoms with Gasteiger partial charge in [-0.15, -0.1) is 0 Å². The lowest BCUT2D eigenvalue weighted by Crippen LogP contribution is -2.50. The van der Waals surface area contributed by atoms with Gasteiger partial charge in [0.05, 0.1) is 5.92 Å². The zero-order valence-electron chi connectivity index (χ0n) is 15.1. The molecule has 1 fully saturated rings. The molecule has 1 unspecified atom stereocenters. The molecule has 2 amide bonds. The first-order chi connectivity index (χ1) is 11.8. The van der Waals surface area contributed by atoms with Crippen LogP contribution in [0.3, 0.4) is 0 Å². The number of nitrogens with two attached hydrogens (primary N) is 1. The number of nitrogens with zero attached hydrogens (tertiary/aromatic N) is 1. The first-order valence-electron chi connectivity index (χ1n) is 8.85. The van der Waals surface area contributed by atoms with E-state index in [0.717, 1.165) is 18.4 Å². The quantitative estimate of drug-likeness (QED) is 0.811. The minimum atomic E-state index is -0.541. The minimum Gasteiger partial charge on any atom is -0.355 e. The number of halogens is 1. The first kappa shape index (κ1) is 19.7. The standard InChI is InChI=1S/C19H28ClN3O2/c1-19(2,12-14-5-3-7-16(20)11-14)18(25)23-10-4-6-15(13-23)17(24)22-9-8-21/h3,5,7,11,15H,4,6,8-10,12-13,21H2,1-2H3,(H,22,24). The van der Waals surface area contributed by atoms with Crippen molar-refractivity contribution in [1.82, 2.24) is 10.2 Å². The third kappa shape index (κ3) is 5.44. The summed E-state index contributed by atoms with van der Waals surface area (Å²) in [5, 5.41) is 3.51. The number of piperidine rings is 1. The van der Waals surface area contributed by atoms with Crippen molar-refractivity contribution in [3.05, 3.63) is 34.9 Å². The summed E-state index contributed by atoms with van der Waals surface area (Å²) in [6.45, 7) is 5.99. The number of benzene rings is 1. The molecule has 1 aliphatic rings. The average molecular weight is 366 g/mol. The second kappa shape index (κ2) is 8.68. The number of amides is 2. The van der Waals surface area contributed by atoms with Crippen molar-refractivity contribution in [2.75, 3.05) is 26.2 Å². The Bertz CT molecular complexity index is 618. The lowest BCUT2D eigenvalue weighted by molar-refractivity contribution is -0.143. The molecule has 0 bridgehead atoms. The summed E-state index contributed by atoms with van der Waals surface area (Å²) < 4.78 is 0. The van der Waals surface area contributed by atoms with Gasteiger partial charge in [-0.1, -0.05) is 37.6 Å². The van der Waals surface area contributed by atoms with E-state index in [-0.39, 0.29) is 17.7 Å². The Morgan fingerprint density at radius 3 is 2.84 bits per heavy atom. The number of rotatable bonds is 6. The Kier molecular flexibility index (Phi) is 6.85. The number of hydrogen-bond donors (Lipinski definition) is 2. The molecule has 1 atom stereocenters. The number of hydrogen-bond acceptors (Lipinski definition) is 3. The molecule has 0 radical (unpaired) electrons. The van der Waals surface area contributed by atoms with Crippen molar-refractivity contribution < 1.29 is 9.59 Å². The van der Waals surface area contributed by atoms with Gasteiger partial charge in [0.1, 0.15) is 0 Å². The topological polar surface area (TPSA) is 75.4 Å². The average Bonchev–Trinajstić information content (AvgIpc) is 2.58. The van der Waals surface area contributed by atoms with E-state index in [2.05, 4.69) is 5.32 Å². The molecule has 1 aromatic rings. The van der Waals surface area contributed by atoms with Crippen LogP contribution < -0.4 is 11.1 Å². The largest absolute Gasteiger partial charge is 0.355 e. The molecule has 0 spiro atoms. The van der Waals surface area contributed by atoms with Crippen LogP contribution in [-0.4, -0.2) is 42.9 Å². The minimum absolute atomic E-state index is 0.00408. The number of carbonyl (C=O) groups excluding carboxylic acids is 2. The summed E-state index contributed by atoms with van der Waals surface area (Å²) in [6, 6.07) is 7.61. The normalized spacial score (nSPS) is 18.1. The Morgan fingerprint density at radius 2 is 2.16 bits per heavy atom. The smallest absolute Gasteiger partial charge is 0.228 e. The SMILES string of the molecule is CC(C)(Cc1cccc(Cl)c1)C(=O)N1CCCC(C(=O)NCCN)C1. The van der Waals surface area contributed by atoms with Gasteiger partial charge in [-0.2, -0.15) is 0 Å². The van der Waals surface area contributed by atoms with Crippen LogP contribution in [0.25, 0.3) is 0 Å². The zero-order chi connectivity index (χ0) is 18.4. The van der Waals surface area contributed by atoms with Crippen molar-refractivity contribution in [2.24, 2.45) is 17.1 Å². The molecule has 0 aromatic heterocycles. The van der Waals surface area contributed by atoms with Crippen LogP contribution in [0.2, 0.25) is 5.02 Å². The molecular weight excluding hydrogens is 338 g/mol. The highest BCUT2D eigenvalue weighted by atomic mass is 35.5. The predicted molar refractivity (Wildman–Crippen MR) is 100 cm³/mol. The molecule has 2 rings (SSSR count). The Labute approximate surface area is 154 Å². The van der Waals surface area contributed by atoms with Gasteiger partial charge in [0.2, 0.25) is 11.8 Å². The summed E-state index contributed by atoms with van der Waals surface area (Å²) in [7, 11) is 0. The molecule has 138 valence electrons. The van der Waals surface area contributed by atoms with Crippen molar-refractivity contribution in [1.29, 1.82) is 0 Å². The van der Waals surface area contributed by atoms with Gasteiger partial charge in [-0.05, 0) is 37.0 Å². The van der Waals surface area contributed by atoms with Gasteiger partial charge in [-0.3, -0.25) is 9.59 Å². The van der Waals surface area contributed by atoms with Crippen LogP contribution in [0.5, 0.6) is 0 Å². The van der Waals surface area contributed by atoms with Gasteiger partial charge in [0.25, 0.3) is 0 Å². The number of carbonyl (C=O) groups is 2. The summed E-state index contributed by atoms with van der Waals surface area (Å²) in [5.74, 6) is -0.0642. The molecule has 0 saturated carbocycles. The maximum absolute atomic E-state index is 13.0. The first-order valence-corrected chi connectivity index (χ1v) is 9.23. The molecule has 6 heteroatoms. The lowest BCUT2D eigenvalue weighted by Gasteiger charge is -2.37. The van der Waals surface area contributed by atoms with E-state index in [0.29, 0.717) is 37.6 Å². The van der Waals surface area contributed by atoms with Gasteiger partial charge < -0.3 is 16.0 Å². The number of nitrogens with one attached hydrogen (secondary N) is 1. The van der Waals surface area contributed by atoms with E-state index in [1.165, 1.54) is 0 Å². The maximum atomic E-state index is 13.0. The van der Waals surface area contributed by atoms with Crippen molar-refractivity contribution in [3.63, 3.8) is 0 Å². The fraction of sp³-hybridized carbons (Fsp3) is 0.579. The maximum Gasteiger partial charge on any atom is 0.228 e. The summed E-state index contributed by atoms with van der Waals surface area (Å²) in [5.41, 5.74) is 5.93. The highest BCUT2D eigenvalue weighted by molar-refractivity contribution is 6.30. The summed E-state index contributed by atoms with van der Waals surface area (Å²) in [6.07, 6.45) is 2.28. The van der Waals surface area contributed by atoms with Gasteiger partial charge in [-0.25, -0.2) is 0 Å². The van der Waals surface area contributed by atoms with Crippen molar-refractivity contribution in [2.45, 2.75) is 33.1 Å². The third-order valence-corrected chi connectivity index (χ3v) is 4.87. The molecule has 25 heavy (non-hydrogen) atoms. The van der Waals surface area contributed by atoms with Crippen LogP contribution in [-0.2, 0) is 16.0 Å². The monoisotopic (exact) mass is 365 g/mol. The van der Waals surface area contributed by atoms with Gasteiger partial charge >= 0.3 is 0 Å². The van der Waals surface area contributed by atoms with Crippen LogP contribution in [0.4, 0.5) is 0 Å². The lowest BCUT2D eigenvalue weighted by atomic mass is 9.83. The van der Waals surface area contributed by atoms with E-state index in [9.17, 15) is 9.59 Å². The fourth-order valence-corrected chi connectivity index (χ4v) is 3.59. The Morgan fingerprint density at radius 1 is 1.40 bits per heavy atom. The summed E-state index contributed by atoms with van der Waals surface area (Å²) in [4.78, 5) is 27.1. The molecule has 3 N–H and O–H groups in total. The molecule has 5 nitrogen and oxygen atoms in total. The molecule has 1 aliphatic heterocycles. The Balaban J connectivity index is 2.01. The van der Waals surface area contributed by atoms with Crippen molar-refractivity contribution in [3.8, 4) is 0 Å². The Hall–Kier alpha value is -1.59. The van der Waals surface area contributed by atoms with Gasteiger partial charge in [0.15, 0.2) is 0 Å². The third-order valence-electron chi connectivity index (χ3n) is 4.64. The van der Waals surface area contributed by atoms with Gasteiger partial charge in [0, 0.05) is 36.6 Å². The van der Waals surface area contributed by atoms with Crippen LogP contribution >= 0.6 is 11.6 Å². The van der Waals surface area contributed by atoms with Crippen LogP contribution in [0.1, 0.15) is 32.3 Å². The highest BCUT2D eigenvalue weighted by Gasteiger charge is 2.36. The molecule has 1 saturated heterocycles. The van der Waals surface area contributed by atoms with Crippen molar-refractivity contribution >= 4 is 23.4 Å². The molecule has 1 heterocycles. The zero-order valence-corrected chi connectivity index (χ0v) is 15.8. The second-order valence-corrected chi connectivity index (χ2v) is 7.80. The second-order valence-electron chi connectivity index (χ2n) is 7.36. The van der Waals surface area contributed by atoms with E-state index in [4.69, 9.17) is 17.3 Å². The van der Waals surface area contributed by atoms with E-state index >= 15 is 0 Å². The van der Waals surface area contributed by atoms with E-state index in [1.807, 2.05) is 43.0 Å². The predicted octanol–water partition coefficient (Wildman–Crippen LogP) is 2.22. The number of likely N-dealkylation sites (tertiary alicyclic amines) is 1. The fourth-order valence-electron chi connectivity index (χ4n) is 3.38. The molecular formula is C19H28ClN3O2. The summed E-state index contributed by atoms with van der Waals surface area (Å²) >= 11 is 6.05. The highest BCUT2D eigenvalue weighted by Crippen LogP contribution is 2.28. The molecule has 0 aliphatic carbocycles. The molecule has 1 aromatic carbocycles.